The van der Waals surface area contributed by atoms with E-state index < -0.39 is 7.12 Å². The maximum atomic E-state index is 8.76. The molecule has 0 spiro atoms. The Morgan fingerprint density at radius 1 is 0.500 bits per heavy atom. The molecule has 0 unspecified atom stereocenters. The van der Waals surface area contributed by atoms with E-state index in [0.717, 1.165) is 38.1 Å². The molecule has 42 heavy (non-hydrogen) atoms. The van der Waals surface area contributed by atoms with Crippen LogP contribution in [0, 0.1) is 13.8 Å². The van der Waals surface area contributed by atoms with E-state index in [-0.39, 0.29) is 0 Å². The second kappa shape index (κ2) is 15.6. The summed E-state index contributed by atoms with van der Waals surface area (Å²) < 4.78 is 1.01. The van der Waals surface area contributed by atoms with Crippen molar-refractivity contribution in [1.82, 2.24) is 9.97 Å². The lowest BCUT2D eigenvalue weighted by molar-refractivity contribution is 0.425. The quantitative estimate of drug-likeness (QED) is 0.198. The summed E-state index contributed by atoms with van der Waals surface area (Å²) >= 11 is 3.36. The van der Waals surface area contributed by atoms with Gasteiger partial charge in [0, 0.05) is 33.6 Å². The van der Waals surface area contributed by atoms with Crippen LogP contribution in [0.2, 0.25) is 0 Å². The minimum absolute atomic E-state index is 0.572. The van der Waals surface area contributed by atoms with Crippen LogP contribution >= 0.6 is 15.9 Å². The first-order valence-corrected chi connectivity index (χ1v) is 14.4. The third-order valence-corrected chi connectivity index (χ3v) is 7.02. The van der Waals surface area contributed by atoms with Crippen LogP contribution in [-0.2, 0) is 0 Å². The molecule has 0 atom stereocenters. The number of rotatable bonds is 4. The number of hydrogen-bond donors (Lipinski definition) is 2. The third-order valence-electron chi connectivity index (χ3n) is 6.55. The SMILES string of the molecule is Brc1ccc(-c2ccccc2)nc1.Cc1ccccc1-c1ccc(-c2ccccc2)nc1.Cc1ccccc1B(O)O. The van der Waals surface area contributed by atoms with Crippen molar-refractivity contribution in [3.63, 3.8) is 0 Å². The predicted molar refractivity (Wildman–Crippen MR) is 178 cm³/mol. The highest BCUT2D eigenvalue weighted by Crippen LogP contribution is 2.25. The van der Waals surface area contributed by atoms with Gasteiger partial charge in [-0.15, -0.1) is 0 Å². The number of pyridine rings is 2. The highest BCUT2D eigenvalue weighted by atomic mass is 79.9. The van der Waals surface area contributed by atoms with Crippen molar-refractivity contribution in [3.8, 4) is 33.6 Å². The molecule has 6 heteroatoms. The molecule has 0 amide bonds. The van der Waals surface area contributed by atoms with Crippen LogP contribution in [0.1, 0.15) is 11.1 Å². The minimum atomic E-state index is -1.35. The summed E-state index contributed by atoms with van der Waals surface area (Å²) in [6, 6.07) is 44.1. The molecule has 4 aromatic carbocycles. The molecule has 208 valence electrons. The average molecular weight is 615 g/mol. The van der Waals surface area contributed by atoms with Crippen LogP contribution in [0.4, 0.5) is 0 Å². The number of benzene rings is 4. The Morgan fingerprint density at radius 3 is 1.45 bits per heavy atom. The summed E-state index contributed by atoms with van der Waals surface area (Å²) in [4.78, 5) is 8.87. The monoisotopic (exact) mass is 614 g/mol. The maximum Gasteiger partial charge on any atom is 0.488 e. The zero-order valence-electron chi connectivity index (χ0n) is 23.6. The summed E-state index contributed by atoms with van der Waals surface area (Å²) in [5, 5.41) is 17.5. The third kappa shape index (κ3) is 8.82. The van der Waals surface area contributed by atoms with E-state index in [2.05, 4.69) is 93.5 Å². The standard InChI is InChI=1S/C18H15N.C11H8BrN.C7H9BO2/c1-14-7-5-6-10-17(14)16-11-12-18(19-13-16)15-8-3-2-4-9-15;12-10-6-7-11(13-8-10)9-4-2-1-3-5-9;1-6-4-2-3-5-7(6)8(9)10/h2-13H,1H3;1-8H;2-5,9-10H,1H3. The Morgan fingerprint density at radius 2 is 1.00 bits per heavy atom. The van der Waals surface area contributed by atoms with Crippen LogP contribution in [-0.4, -0.2) is 27.1 Å². The molecule has 2 aromatic heterocycles. The summed E-state index contributed by atoms with van der Waals surface area (Å²) in [6.07, 6.45) is 3.76. The molecule has 0 aliphatic heterocycles. The maximum absolute atomic E-state index is 8.76. The van der Waals surface area contributed by atoms with Crippen molar-refractivity contribution in [2.45, 2.75) is 13.8 Å². The van der Waals surface area contributed by atoms with Crippen molar-refractivity contribution in [3.05, 3.63) is 161 Å². The van der Waals surface area contributed by atoms with Gasteiger partial charge in [-0.2, -0.15) is 0 Å². The van der Waals surface area contributed by atoms with Gasteiger partial charge in [-0.3, -0.25) is 9.97 Å². The number of nitrogens with zero attached hydrogens (tertiary/aromatic N) is 2. The molecule has 0 aliphatic rings. The summed E-state index contributed by atoms with van der Waals surface area (Å²) in [7, 11) is -1.35. The van der Waals surface area contributed by atoms with Gasteiger partial charge in [0.2, 0.25) is 0 Å². The Bertz CT molecular complexity index is 1660. The van der Waals surface area contributed by atoms with Gasteiger partial charge in [-0.25, -0.2) is 0 Å². The number of aromatic nitrogens is 2. The van der Waals surface area contributed by atoms with Gasteiger partial charge >= 0.3 is 7.12 Å². The van der Waals surface area contributed by atoms with Crippen molar-refractivity contribution >= 4 is 28.5 Å². The molecular weight excluding hydrogens is 583 g/mol. The zero-order valence-corrected chi connectivity index (χ0v) is 25.2. The Hall–Kier alpha value is -4.36. The second-order valence-corrected chi connectivity index (χ2v) is 10.5. The summed E-state index contributed by atoms with van der Waals surface area (Å²) in [6.45, 7) is 3.97. The van der Waals surface area contributed by atoms with E-state index in [1.54, 1.807) is 12.1 Å². The zero-order chi connectivity index (χ0) is 29.7. The van der Waals surface area contributed by atoms with Gasteiger partial charge in [0.1, 0.15) is 0 Å². The lowest BCUT2D eigenvalue weighted by Gasteiger charge is -2.06. The van der Waals surface area contributed by atoms with Crippen LogP contribution < -0.4 is 5.46 Å². The molecule has 6 aromatic rings. The fraction of sp³-hybridized carbons (Fsp3) is 0.0556. The molecule has 0 radical (unpaired) electrons. The number of hydrogen-bond acceptors (Lipinski definition) is 4. The van der Waals surface area contributed by atoms with Crippen LogP contribution in [0.25, 0.3) is 33.6 Å². The molecule has 0 saturated carbocycles. The molecule has 4 nitrogen and oxygen atoms in total. The lowest BCUT2D eigenvalue weighted by atomic mass is 9.77. The van der Waals surface area contributed by atoms with Crippen molar-refractivity contribution in [1.29, 1.82) is 0 Å². The van der Waals surface area contributed by atoms with E-state index in [1.165, 1.54) is 11.1 Å². The molecule has 2 heterocycles. The van der Waals surface area contributed by atoms with Gasteiger partial charge in [0.15, 0.2) is 0 Å². The first-order valence-electron chi connectivity index (χ1n) is 13.6. The van der Waals surface area contributed by atoms with Gasteiger partial charge in [0.05, 0.1) is 11.4 Å². The normalized spacial score (nSPS) is 10.0. The molecule has 0 bridgehead atoms. The summed E-state index contributed by atoms with van der Waals surface area (Å²) in [5.41, 5.74) is 9.47. The van der Waals surface area contributed by atoms with Crippen LogP contribution in [0.3, 0.4) is 0 Å². The van der Waals surface area contributed by atoms with Crippen LogP contribution in [0.5, 0.6) is 0 Å². The molecule has 2 N–H and O–H groups in total. The highest BCUT2D eigenvalue weighted by Gasteiger charge is 2.11. The van der Waals surface area contributed by atoms with E-state index in [4.69, 9.17) is 10.0 Å². The smallest absolute Gasteiger partial charge is 0.423 e. The largest absolute Gasteiger partial charge is 0.488 e. The second-order valence-electron chi connectivity index (χ2n) is 9.57. The minimum Gasteiger partial charge on any atom is -0.423 e. The van der Waals surface area contributed by atoms with Gasteiger partial charge in [0.25, 0.3) is 0 Å². The highest BCUT2D eigenvalue weighted by molar-refractivity contribution is 9.10. The van der Waals surface area contributed by atoms with Gasteiger partial charge in [-0.05, 0) is 64.6 Å². The van der Waals surface area contributed by atoms with Gasteiger partial charge in [-0.1, -0.05) is 121 Å². The molecule has 0 aliphatic carbocycles. The van der Waals surface area contributed by atoms with Crippen molar-refractivity contribution in [2.24, 2.45) is 0 Å². The molecule has 6 rings (SSSR count). The van der Waals surface area contributed by atoms with Crippen molar-refractivity contribution < 1.29 is 10.0 Å². The first-order chi connectivity index (χ1) is 20.4. The summed E-state index contributed by atoms with van der Waals surface area (Å²) in [5.74, 6) is 0. The van der Waals surface area contributed by atoms with E-state index >= 15 is 0 Å². The Labute approximate surface area is 256 Å². The lowest BCUT2D eigenvalue weighted by Crippen LogP contribution is -2.31. The topological polar surface area (TPSA) is 66.2 Å². The molecule has 0 saturated heterocycles. The first kappa shape index (κ1) is 30.6. The number of aryl methyl sites for hydroxylation is 2. The fourth-order valence-electron chi connectivity index (χ4n) is 4.26. The van der Waals surface area contributed by atoms with Crippen molar-refractivity contribution in [2.75, 3.05) is 0 Å². The van der Waals surface area contributed by atoms with E-state index in [9.17, 15) is 0 Å². The fourth-order valence-corrected chi connectivity index (χ4v) is 4.50. The predicted octanol–water partition coefficient (Wildman–Crippen LogP) is 7.91. The molecular formula is C36H32BBrN2O2. The Kier molecular flexibility index (Phi) is 11.4. The molecule has 0 fully saturated rings. The number of halogens is 1. The van der Waals surface area contributed by atoms with Crippen LogP contribution in [0.15, 0.2) is 150 Å². The average Bonchev–Trinajstić information content (AvgIpc) is 3.03. The Balaban J connectivity index is 0.000000154. The van der Waals surface area contributed by atoms with E-state index in [0.29, 0.717) is 5.46 Å². The van der Waals surface area contributed by atoms with E-state index in [1.807, 2.05) is 80.0 Å². The van der Waals surface area contributed by atoms with Gasteiger partial charge < -0.3 is 10.0 Å².